The summed E-state index contributed by atoms with van der Waals surface area (Å²) in [6, 6.07) is 0. The SMILES string of the molecule is C=CCNc1ncnc2c1ncn2[C@@H]1O[C@@H](CO)[C@@H](O)[C@H]1O. The first-order valence-electron chi connectivity index (χ1n) is 6.82. The minimum absolute atomic E-state index is 0.386. The average Bonchev–Trinajstić information content (AvgIpc) is 3.08. The van der Waals surface area contributed by atoms with Gasteiger partial charge in [0, 0.05) is 6.54 Å². The van der Waals surface area contributed by atoms with Crippen molar-refractivity contribution in [2.75, 3.05) is 18.5 Å². The van der Waals surface area contributed by atoms with Gasteiger partial charge in [-0.3, -0.25) is 4.57 Å². The molecule has 22 heavy (non-hydrogen) atoms. The Kier molecular flexibility index (Phi) is 4.03. The van der Waals surface area contributed by atoms with Gasteiger partial charge in [-0.1, -0.05) is 6.08 Å². The monoisotopic (exact) mass is 307 g/mol. The molecule has 3 rings (SSSR count). The summed E-state index contributed by atoms with van der Waals surface area (Å²) >= 11 is 0. The molecule has 2 aromatic rings. The highest BCUT2D eigenvalue weighted by atomic mass is 16.6. The number of hydrogen-bond donors (Lipinski definition) is 4. The standard InChI is InChI=1S/C13H17N5O4/c1-2-3-14-11-8-12(16-5-15-11)18(6-17-8)13-10(21)9(20)7(4-19)22-13/h2,5-7,9-10,13,19-21H,1,3-4H2,(H,14,15,16)/t7-,9+,10+,13+/m0/s1. The van der Waals surface area contributed by atoms with Crippen LogP contribution in [0.5, 0.6) is 0 Å². The number of rotatable bonds is 5. The van der Waals surface area contributed by atoms with Crippen LogP contribution in [0.1, 0.15) is 6.23 Å². The second kappa shape index (κ2) is 5.97. The summed E-state index contributed by atoms with van der Waals surface area (Å²) in [5.74, 6) is 0.537. The van der Waals surface area contributed by atoms with E-state index in [0.717, 1.165) is 0 Å². The van der Waals surface area contributed by atoms with E-state index in [4.69, 9.17) is 9.84 Å². The van der Waals surface area contributed by atoms with E-state index in [-0.39, 0.29) is 6.61 Å². The van der Waals surface area contributed by atoms with E-state index >= 15 is 0 Å². The highest BCUT2D eigenvalue weighted by molar-refractivity contribution is 5.82. The first-order chi connectivity index (χ1) is 10.7. The maximum Gasteiger partial charge on any atom is 0.167 e. The molecule has 0 saturated carbocycles. The summed E-state index contributed by atoms with van der Waals surface area (Å²) in [4.78, 5) is 12.5. The van der Waals surface area contributed by atoms with Crippen molar-refractivity contribution in [3.05, 3.63) is 25.3 Å². The molecule has 0 spiro atoms. The molecular weight excluding hydrogens is 290 g/mol. The molecule has 4 N–H and O–H groups in total. The van der Waals surface area contributed by atoms with Gasteiger partial charge in [-0.25, -0.2) is 15.0 Å². The molecule has 0 amide bonds. The van der Waals surface area contributed by atoms with E-state index in [2.05, 4.69) is 26.8 Å². The van der Waals surface area contributed by atoms with E-state index in [1.165, 1.54) is 17.2 Å². The Hall–Kier alpha value is -2.07. The Morgan fingerprint density at radius 1 is 1.32 bits per heavy atom. The number of aliphatic hydroxyl groups is 3. The molecule has 1 saturated heterocycles. The number of aliphatic hydroxyl groups excluding tert-OH is 3. The van der Waals surface area contributed by atoms with Crippen molar-refractivity contribution in [3.8, 4) is 0 Å². The normalized spacial score (nSPS) is 28.1. The minimum atomic E-state index is -1.19. The van der Waals surface area contributed by atoms with Crippen molar-refractivity contribution < 1.29 is 20.1 Å². The van der Waals surface area contributed by atoms with Gasteiger partial charge in [0.25, 0.3) is 0 Å². The van der Waals surface area contributed by atoms with Crippen LogP contribution in [0, 0.1) is 0 Å². The number of imidazole rings is 1. The molecular formula is C13H17N5O4. The Morgan fingerprint density at radius 3 is 2.82 bits per heavy atom. The third-order valence-electron chi connectivity index (χ3n) is 3.56. The van der Waals surface area contributed by atoms with Gasteiger partial charge in [-0.15, -0.1) is 6.58 Å². The second-order valence-corrected chi connectivity index (χ2v) is 4.94. The van der Waals surface area contributed by atoms with Crippen LogP contribution >= 0.6 is 0 Å². The van der Waals surface area contributed by atoms with Gasteiger partial charge >= 0.3 is 0 Å². The molecule has 0 aromatic carbocycles. The van der Waals surface area contributed by atoms with Gasteiger partial charge in [0.05, 0.1) is 12.9 Å². The molecule has 9 nitrogen and oxygen atoms in total. The fourth-order valence-electron chi connectivity index (χ4n) is 2.45. The fourth-order valence-corrected chi connectivity index (χ4v) is 2.45. The van der Waals surface area contributed by atoms with Gasteiger partial charge in [-0.2, -0.15) is 0 Å². The maximum absolute atomic E-state index is 10.1. The van der Waals surface area contributed by atoms with Crippen LogP contribution < -0.4 is 5.32 Å². The lowest BCUT2D eigenvalue weighted by Gasteiger charge is -2.16. The highest BCUT2D eigenvalue weighted by Crippen LogP contribution is 2.31. The van der Waals surface area contributed by atoms with Crippen LogP contribution in [-0.2, 0) is 4.74 Å². The second-order valence-electron chi connectivity index (χ2n) is 4.94. The Bertz CT molecular complexity index is 675. The molecule has 9 heteroatoms. The smallest absolute Gasteiger partial charge is 0.167 e. The number of hydrogen-bond acceptors (Lipinski definition) is 8. The third kappa shape index (κ3) is 2.33. The van der Waals surface area contributed by atoms with Crippen molar-refractivity contribution >= 4 is 17.0 Å². The van der Waals surface area contributed by atoms with Crippen molar-refractivity contribution in [3.63, 3.8) is 0 Å². The molecule has 0 unspecified atom stereocenters. The number of fused-ring (bicyclic) bond motifs is 1. The van der Waals surface area contributed by atoms with Gasteiger partial charge in [0.15, 0.2) is 23.2 Å². The minimum Gasteiger partial charge on any atom is -0.394 e. The predicted octanol–water partition coefficient (Wildman–Crippen LogP) is -0.964. The van der Waals surface area contributed by atoms with Crippen LogP contribution in [-0.4, -0.2) is 66.3 Å². The molecule has 1 aliphatic rings. The molecule has 3 heterocycles. The van der Waals surface area contributed by atoms with Crippen molar-refractivity contribution in [2.45, 2.75) is 24.5 Å². The number of nitrogens with zero attached hydrogens (tertiary/aromatic N) is 4. The molecule has 2 aromatic heterocycles. The first-order valence-corrected chi connectivity index (χ1v) is 6.82. The summed E-state index contributed by atoms with van der Waals surface area (Å²) in [6.07, 6.45) is 0.432. The Balaban J connectivity index is 1.97. The van der Waals surface area contributed by atoms with Gasteiger partial charge in [0.2, 0.25) is 0 Å². The van der Waals surface area contributed by atoms with Gasteiger partial charge in [0.1, 0.15) is 24.6 Å². The highest BCUT2D eigenvalue weighted by Gasteiger charge is 2.43. The van der Waals surface area contributed by atoms with Crippen LogP contribution in [0.15, 0.2) is 25.3 Å². The van der Waals surface area contributed by atoms with E-state index < -0.39 is 24.5 Å². The summed E-state index contributed by atoms with van der Waals surface area (Å²) in [7, 11) is 0. The van der Waals surface area contributed by atoms with Crippen LogP contribution in [0.4, 0.5) is 5.82 Å². The summed E-state index contributed by atoms with van der Waals surface area (Å²) in [5.41, 5.74) is 0.971. The molecule has 0 radical (unpaired) electrons. The molecule has 1 fully saturated rings. The molecule has 0 aliphatic carbocycles. The lowest BCUT2D eigenvalue weighted by atomic mass is 10.1. The van der Waals surface area contributed by atoms with E-state index in [1.807, 2.05) is 0 Å². The molecule has 0 bridgehead atoms. The Labute approximate surface area is 125 Å². The fraction of sp³-hybridized carbons (Fsp3) is 0.462. The van der Waals surface area contributed by atoms with Gasteiger partial charge < -0.3 is 25.4 Å². The Morgan fingerprint density at radius 2 is 2.14 bits per heavy atom. The van der Waals surface area contributed by atoms with E-state index in [1.54, 1.807) is 6.08 Å². The third-order valence-corrected chi connectivity index (χ3v) is 3.56. The van der Waals surface area contributed by atoms with Crippen LogP contribution in [0.25, 0.3) is 11.2 Å². The van der Waals surface area contributed by atoms with Crippen molar-refractivity contribution in [2.24, 2.45) is 0 Å². The molecule has 1 aliphatic heterocycles. The zero-order chi connectivity index (χ0) is 15.7. The summed E-state index contributed by atoms with van der Waals surface area (Å²) in [6.45, 7) is 3.76. The van der Waals surface area contributed by atoms with Gasteiger partial charge in [-0.05, 0) is 0 Å². The zero-order valence-electron chi connectivity index (χ0n) is 11.7. The van der Waals surface area contributed by atoms with Crippen molar-refractivity contribution in [1.82, 2.24) is 19.5 Å². The number of aromatic nitrogens is 4. The largest absolute Gasteiger partial charge is 0.394 e. The van der Waals surface area contributed by atoms with Crippen LogP contribution in [0.3, 0.4) is 0 Å². The summed E-state index contributed by atoms with van der Waals surface area (Å²) in [5, 5.41) is 32.1. The first kappa shape index (κ1) is 14.9. The lowest BCUT2D eigenvalue weighted by Crippen LogP contribution is -2.33. The van der Waals surface area contributed by atoms with Crippen LogP contribution in [0.2, 0.25) is 0 Å². The lowest BCUT2D eigenvalue weighted by molar-refractivity contribution is -0.0511. The molecule has 118 valence electrons. The van der Waals surface area contributed by atoms with Crippen molar-refractivity contribution in [1.29, 1.82) is 0 Å². The molecule has 4 atom stereocenters. The number of anilines is 1. The zero-order valence-corrected chi connectivity index (χ0v) is 11.7. The number of nitrogens with one attached hydrogen (secondary N) is 1. The maximum atomic E-state index is 10.1. The summed E-state index contributed by atoms with van der Waals surface area (Å²) < 4.78 is 7.00. The average molecular weight is 307 g/mol. The van der Waals surface area contributed by atoms with E-state index in [9.17, 15) is 10.2 Å². The van der Waals surface area contributed by atoms with E-state index in [0.29, 0.717) is 23.5 Å². The predicted molar refractivity (Wildman–Crippen MR) is 77.0 cm³/mol. The topological polar surface area (TPSA) is 126 Å². The quantitative estimate of drug-likeness (QED) is 0.520. The number of ether oxygens (including phenoxy) is 1.